The molecule has 0 aliphatic carbocycles. The van der Waals surface area contributed by atoms with Crippen molar-refractivity contribution in [3.05, 3.63) is 83.2 Å². The number of nitrogens with zero attached hydrogens (tertiary/aromatic N) is 2. The van der Waals surface area contributed by atoms with Crippen molar-refractivity contribution in [3.8, 4) is 11.8 Å². The number of hydrogen-bond donors (Lipinski definition) is 1. The molecule has 2 aromatic carbocycles. The summed E-state index contributed by atoms with van der Waals surface area (Å²) in [6, 6.07) is 22.0. The predicted molar refractivity (Wildman–Crippen MR) is 99.5 cm³/mol. The molecule has 2 N–H and O–H groups in total. The zero-order valence-corrected chi connectivity index (χ0v) is 14.3. The second-order valence-corrected chi connectivity index (χ2v) is 6.02. The van der Waals surface area contributed by atoms with E-state index in [9.17, 15) is 5.26 Å². The Labute approximate surface area is 148 Å². The van der Waals surface area contributed by atoms with Crippen molar-refractivity contribution >= 4 is 5.69 Å². The first-order valence-corrected chi connectivity index (χ1v) is 8.29. The number of nitrogen functional groups attached to an aromatic ring is 1. The average Bonchev–Trinajstić information content (AvgIpc) is 2.91. The minimum absolute atomic E-state index is 0.480. The van der Waals surface area contributed by atoms with Gasteiger partial charge in [0.15, 0.2) is 0 Å². The highest BCUT2D eigenvalue weighted by molar-refractivity contribution is 5.52. The van der Waals surface area contributed by atoms with E-state index in [4.69, 9.17) is 10.5 Å². The van der Waals surface area contributed by atoms with Crippen molar-refractivity contribution in [1.82, 2.24) is 4.57 Å². The first-order valence-electron chi connectivity index (χ1n) is 8.29. The van der Waals surface area contributed by atoms with Gasteiger partial charge in [0.05, 0.1) is 12.2 Å². The zero-order chi connectivity index (χ0) is 17.6. The molecule has 0 aliphatic rings. The van der Waals surface area contributed by atoms with Crippen LogP contribution >= 0.6 is 0 Å². The highest BCUT2D eigenvalue weighted by Gasteiger charge is 2.14. The molecule has 0 amide bonds. The lowest BCUT2D eigenvalue weighted by molar-refractivity contribution is 0.296. The molecule has 0 aliphatic heterocycles. The molecule has 126 valence electrons. The number of hydrogen-bond acceptors (Lipinski definition) is 3. The summed E-state index contributed by atoms with van der Waals surface area (Å²) in [6.45, 7) is 3.13. The molecule has 0 saturated heterocycles. The molecule has 0 bridgehead atoms. The van der Waals surface area contributed by atoms with Gasteiger partial charge in [-0.3, -0.25) is 0 Å². The third-order valence-electron chi connectivity index (χ3n) is 4.14. The number of nitriles is 1. The first-order chi connectivity index (χ1) is 12.2. The Bertz CT molecular complexity index is 891. The summed E-state index contributed by atoms with van der Waals surface area (Å²) in [5, 5.41) is 9.42. The maximum Gasteiger partial charge on any atom is 0.122 e. The topological polar surface area (TPSA) is 64.0 Å². The number of aryl methyl sites for hydroxylation is 1. The summed E-state index contributed by atoms with van der Waals surface area (Å²) >= 11 is 0. The van der Waals surface area contributed by atoms with Crippen molar-refractivity contribution in [3.63, 3.8) is 0 Å². The van der Waals surface area contributed by atoms with Gasteiger partial charge >= 0.3 is 0 Å². The summed E-state index contributed by atoms with van der Waals surface area (Å²) in [5.74, 6) is 0.821. The Morgan fingerprint density at radius 3 is 2.60 bits per heavy atom. The number of rotatable bonds is 6. The average molecular weight is 331 g/mol. The molecule has 1 heterocycles. The Kier molecular flexibility index (Phi) is 5.06. The fraction of sp³-hybridized carbons (Fsp3) is 0.190. The SMILES string of the molecule is Cc1cccc(Cc2c(N)cc(C#N)n2CCOc2ccccc2)c1. The van der Waals surface area contributed by atoms with Crippen molar-refractivity contribution in [2.45, 2.75) is 19.9 Å². The van der Waals surface area contributed by atoms with E-state index in [0.29, 0.717) is 31.0 Å². The second kappa shape index (κ2) is 7.59. The molecule has 25 heavy (non-hydrogen) atoms. The van der Waals surface area contributed by atoms with Crippen LogP contribution in [-0.2, 0) is 13.0 Å². The van der Waals surface area contributed by atoms with Gasteiger partial charge in [0.2, 0.25) is 0 Å². The molecule has 4 heteroatoms. The molecule has 1 aromatic heterocycles. The molecule has 3 aromatic rings. The lowest BCUT2D eigenvalue weighted by Gasteiger charge is -2.13. The first kappa shape index (κ1) is 16.7. The maximum absolute atomic E-state index is 9.42. The van der Waals surface area contributed by atoms with E-state index < -0.39 is 0 Å². The van der Waals surface area contributed by atoms with Gasteiger partial charge in [-0.2, -0.15) is 5.26 Å². The van der Waals surface area contributed by atoms with Crippen molar-refractivity contribution in [1.29, 1.82) is 5.26 Å². The summed E-state index contributed by atoms with van der Waals surface area (Å²) in [4.78, 5) is 0. The Morgan fingerprint density at radius 1 is 1.08 bits per heavy atom. The van der Waals surface area contributed by atoms with Crippen molar-refractivity contribution in [2.75, 3.05) is 12.3 Å². The molecule has 0 spiro atoms. The predicted octanol–water partition coefficient (Wildman–Crippen LogP) is 3.92. The number of nitrogens with two attached hydrogens (primary N) is 1. The Morgan fingerprint density at radius 2 is 1.88 bits per heavy atom. The van der Waals surface area contributed by atoms with Gasteiger partial charge in [-0.1, -0.05) is 48.0 Å². The highest BCUT2D eigenvalue weighted by Crippen LogP contribution is 2.22. The Balaban J connectivity index is 1.79. The van der Waals surface area contributed by atoms with Crippen LogP contribution in [0.1, 0.15) is 22.5 Å². The van der Waals surface area contributed by atoms with E-state index >= 15 is 0 Å². The van der Waals surface area contributed by atoms with Crippen LogP contribution in [0.2, 0.25) is 0 Å². The number of aromatic nitrogens is 1. The van der Waals surface area contributed by atoms with Gasteiger partial charge < -0.3 is 15.0 Å². The minimum Gasteiger partial charge on any atom is -0.492 e. The fourth-order valence-corrected chi connectivity index (χ4v) is 2.94. The summed E-state index contributed by atoms with van der Waals surface area (Å²) in [5.41, 5.74) is 10.7. The molecule has 3 rings (SSSR count). The summed E-state index contributed by atoms with van der Waals surface area (Å²) in [7, 11) is 0. The van der Waals surface area contributed by atoms with Gasteiger partial charge in [-0.15, -0.1) is 0 Å². The number of ether oxygens (including phenoxy) is 1. The monoisotopic (exact) mass is 331 g/mol. The molecule has 0 fully saturated rings. The van der Waals surface area contributed by atoms with Gasteiger partial charge in [-0.05, 0) is 30.7 Å². The van der Waals surface area contributed by atoms with E-state index in [0.717, 1.165) is 11.4 Å². The van der Waals surface area contributed by atoms with E-state index in [2.05, 4.69) is 31.2 Å². The fourth-order valence-electron chi connectivity index (χ4n) is 2.94. The molecule has 4 nitrogen and oxygen atoms in total. The van der Waals surface area contributed by atoms with Crippen LogP contribution in [0, 0.1) is 18.3 Å². The van der Waals surface area contributed by atoms with Crippen LogP contribution in [0.3, 0.4) is 0 Å². The minimum atomic E-state index is 0.480. The molecular weight excluding hydrogens is 310 g/mol. The number of para-hydroxylation sites is 1. The molecular formula is C21H21N3O. The summed E-state index contributed by atoms with van der Waals surface area (Å²) in [6.07, 6.45) is 0.695. The van der Waals surface area contributed by atoms with Gasteiger partial charge in [-0.25, -0.2) is 0 Å². The smallest absolute Gasteiger partial charge is 0.122 e. The zero-order valence-electron chi connectivity index (χ0n) is 14.3. The van der Waals surface area contributed by atoms with Crippen LogP contribution in [0.15, 0.2) is 60.7 Å². The molecule has 0 atom stereocenters. The lowest BCUT2D eigenvalue weighted by atomic mass is 10.1. The van der Waals surface area contributed by atoms with E-state index in [1.54, 1.807) is 6.07 Å². The van der Waals surface area contributed by atoms with Crippen LogP contribution in [0.5, 0.6) is 5.75 Å². The third-order valence-corrected chi connectivity index (χ3v) is 4.14. The number of benzene rings is 2. The normalized spacial score (nSPS) is 10.4. The van der Waals surface area contributed by atoms with Gasteiger partial charge in [0.25, 0.3) is 0 Å². The van der Waals surface area contributed by atoms with Crippen LogP contribution in [-0.4, -0.2) is 11.2 Å². The highest BCUT2D eigenvalue weighted by atomic mass is 16.5. The van der Waals surface area contributed by atoms with E-state index in [-0.39, 0.29) is 0 Å². The molecule has 0 radical (unpaired) electrons. The quantitative estimate of drug-likeness (QED) is 0.744. The van der Waals surface area contributed by atoms with E-state index in [1.165, 1.54) is 11.1 Å². The maximum atomic E-state index is 9.42. The molecule has 0 unspecified atom stereocenters. The van der Waals surface area contributed by atoms with E-state index in [1.807, 2.05) is 41.0 Å². The third kappa shape index (κ3) is 4.02. The van der Waals surface area contributed by atoms with Gasteiger partial charge in [0, 0.05) is 12.1 Å². The largest absolute Gasteiger partial charge is 0.492 e. The van der Waals surface area contributed by atoms with Crippen molar-refractivity contribution in [2.24, 2.45) is 0 Å². The summed E-state index contributed by atoms with van der Waals surface area (Å²) < 4.78 is 7.73. The van der Waals surface area contributed by atoms with Crippen LogP contribution < -0.4 is 10.5 Å². The molecule has 0 saturated carbocycles. The lowest BCUT2D eigenvalue weighted by Crippen LogP contribution is -2.13. The van der Waals surface area contributed by atoms with Gasteiger partial charge in [0.1, 0.15) is 24.1 Å². The number of anilines is 1. The standard InChI is InChI=1S/C21H21N3O/c1-16-6-5-7-17(12-16)13-21-20(23)14-18(15-22)24(21)10-11-25-19-8-3-2-4-9-19/h2-9,12,14H,10-11,13,23H2,1H3. The van der Waals surface area contributed by atoms with Crippen LogP contribution in [0.4, 0.5) is 5.69 Å². The second-order valence-electron chi connectivity index (χ2n) is 6.02. The van der Waals surface area contributed by atoms with Crippen molar-refractivity contribution < 1.29 is 4.74 Å². The Hall–Kier alpha value is -3.19. The van der Waals surface area contributed by atoms with Crippen LogP contribution in [0.25, 0.3) is 0 Å².